The third-order valence-corrected chi connectivity index (χ3v) is 5.28. The molecule has 2 heterocycles. The molecule has 0 unspecified atom stereocenters. The second-order valence-electron chi connectivity index (χ2n) is 5.70. The second kappa shape index (κ2) is 6.72. The van der Waals surface area contributed by atoms with Crippen LogP contribution in [0.3, 0.4) is 0 Å². The summed E-state index contributed by atoms with van der Waals surface area (Å²) in [5.74, 6) is 0.408. The summed E-state index contributed by atoms with van der Waals surface area (Å²) in [7, 11) is -3.42. The van der Waals surface area contributed by atoms with Crippen molar-refractivity contribution in [2.45, 2.75) is 26.3 Å². The highest BCUT2D eigenvalue weighted by Gasteiger charge is 2.34. The summed E-state index contributed by atoms with van der Waals surface area (Å²) in [6.45, 7) is 3.01. The van der Waals surface area contributed by atoms with E-state index in [9.17, 15) is 13.2 Å². The van der Waals surface area contributed by atoms with Crippen LogP contribution in [0.25, 0.3) is 0 Å². The monoisotopic (exact) mass is 361 g/mol. The molecule has 2 aromatic rings. The van der Waals surface area contributed by atoms with Crippen LogP contribution in [0.5, 0.6) is 0 Å². The van der Waals surface area contributed by atoms with Crippen LogP contribution in [0.1, 0.15) is 37.6 Å². The lowest BCUT2D eigenvalue weighted by Crippen LogP contribution is -2.23. The van der Waals surface area contributed by atoms with Gasteiger partial charge in [-0.25, -0.2) is 13.4 Å². The Morgan fingerprint density at radius 3 is 2.72 bits per heavy atom. The third kappa shape index (κ3) is 3.58. The Bertz CT molecular complexity index is 904. The normalized spacial score (nSPS) is 17.4. The zero-order valence-corrected chi connectivity index (χ0v) is 14.8. The first kappa shape index (κ1) is 17.2. The van der Waals surface area contributed by atoms with Crippen molar-refractivity contribution in [2.75, 3.05) is 10.5 Å². The van der Waals surface area contributed by atoms with Gasteiger partial charge in [-0.15, -0.1) is 0 Å². The van der Waals surface area contributed by atoms with Crippen LogP contribution in [0, 0.1) is 0 Å². The molecule has 8 heteroatoms. The van der Waals surface area contributed by atoms with Gasteiger partial charge in [-0.05, 0) is 25.1 Å². The summed E-state index contributed by atoms with van der Waals surface area (Å²) in [6.07, 6.45) is 1.99. The van der Waals surface area contributed by atoms with Crippen molar-refractivity contribution in [2.24, 2.45) is 5.10 Å². The molecule has 3 rings (SSSR count). The van der Waals surface area contributed by atoms with Gasteiger partial charge in [0.2, 0.25) is 15.9 Å². The largest absolute Gasteiger partial charge is 0.467 e. The fourth-order valence-corrected chi connectivity index (χ4v) is 3.39. The van der Waals surface area contributed by atoms with Gasteiger partial charge in [0.15, 0.2) is 0 Å². The molecule has 1 aliphatic rings. The molecule has 132 valence electrons. The molecule has 25 heavy (non-hydrogen) atoms. The number of carbonyl (C=O) groups is 1. The predicted octanol–water partition coefficient (Wildman–Crippen LogP) is 2.74. The number of amides is 1. The molecule has 0 saturated heterocycles. The van der Waals surface area contributed by atoms with Crippen LogP contribution in [0.2, 0.25) is 0 Å². The smallest absolute Gasteiger partial charge is 0.240 e. The second-order valence-corrected chi connectivity index (χ2v) is 7.71. The van der Waals surface area contributed by atoms with Gasteiger partial charge >= 0.3 is 0 Å². The number of anilines is 1. The van der Waals surface area contributed by atoms with Gasteiger partial charge in [0, 0.05) is 18.9 Å². The highest BCUT2D eigenvalue weighted by atomic mass is 32.2. The first-order chi connectivity index (χ1) is 11.9. The van der Waals surface area contributed by atoms with Gasteiger partial charge in [-0.3, -0.25) is 9.52 Å². The molecule has 0 radical (unpaired) electrons. The predicted molar refractivity (Wildman–Crippen MR) is 94.6 cm³/mol. The molecule has 0 aliphatic carbocycles. The van der Waals surface area contributed by atoms with Gasteiger partial charge in [-0.2, -0.15) is 5.10 Å². The number of furan rings is 1. The number of nitrogens with one attached hydrogen (secondary N) is 1. The SMILES string of the molecule is CCS(=O)(=O)Nc1ccccc1C1=NN(C(C)=O)[C@H](c2ccco2)C1. The summed E-state index contributed by atoms with van der Waals surface area (Å²) in [4.78, 5) is 12.0. The van der Waals surface area contributed by atoms with E-state index < -0.39 is 10.0 Å². The Morgan fingerprint density at radius 1 is 1.32 bits per heavy atom. The van der Waals surface area contributed by atoms with E-state index in [1.54, 1.807) is 49.6 Å². The molecule has 0 spiro atoms. The zero-order valence-electron chi connectivity index (χ0n) is 14.0. The van der Waals surface area contributed by atoms with Crippen LogP contribution in [-0.2, 0) is 14.8 Å². The lowest BCUT2D eigenvalue weighted by atomic mass is 10.0. The van der Waals surface area contributed by atoms with Gasteiger partial charge in [0.1, 0.15) is 11.8 Å². The van der Waals surface area contributed by atoms with Crippen LogP contribution in [0.15, 0.2) is 52.2 Å². The summed E-state index contributed by atoms with van der Waals surface area (Å²) in [5.41, 5.74) is 1.73. The van der Waals surface area contributed by atoms with Crippen LogP contribution >= 0.6 is 0 Å². The topological polar surface area (TPSA) is 92.0 Å². The van der Waals surface area contributed by atoms with Crippen molar-refractivity contribution in [3.8, 4) is 0 Å². The number of benzene rings is 1. The van der Waals surface area contributed by atoms with Crippen molar-refractivity contribution in [3.05, 3.63) is 54.0 Å². The molecular formula is C17H19N3O4S. The van der Waals surface area contributed by atoms with E-state index in [2.05, 4.69) is 9.82 Å². The lowest BCUT2D eigenvalue weighted by Gasteiger charge is -2.17. The minimum absolute atomic E-state index is 0.0254. The number of para-hydroxylation sites is 1. The summed E-state index contributed by atoms with van der Waals surface area (Å²) >= 11 is 0. The maximum absolute atomic E-state index is 12.0. The standard InChI is InChI=1S/C17H19N3O4S/c1-3-25(22,23)19-14-8-5-4-7-13(14)15-11-16(17-9-6-10-24-17)20(18-15)12(2)21/h4-10,16,19H,3,11H2,1-2H3/t16-/m0/s1. The quantitative estimate of drug-likeness (QED) is 0.886. The number of carbonyl (C=O) groups excluding carboxylic acids is 1. The van der Waals surface area contributed by atoms with E-state index in [1.807, 2.05) is 0 Å². The van der Waals surface area contributed by atoms with E-state index in [0.717, 1.165) is 0 Å². The van der Waals surface area contributed by atoms with Crippen molar-refractivity contribution >= 4 is 27.3 Å². The fourth-order valence-electron chi connectivity index (χ4n) is 2.73. The zero-order chi connectivity index (χ0) is 18.0. The summed E-state index contributed by atoms with van der Waals surface area (Å²) in [5, 5.41) is 5.79. The number of hydrogen-bond acceptors (Lipinski definition) is 5. The number of rotatable bonds is 5. The molecular weight excluding hydrogens is 342 g/mol. The Labute approximate surface area is 146 Å². The Hall–Kier alpha value is -2.61. The minimum Gasteiger partial charge on any atom is -0.467 e. The van der Waals surface area contributed by atoms with Crippen molar-refractivity contribution in [3.63, 3.8) is 0 Å². The molecule has 0 fully saturated rings. The van der Waals surface area contributed by atoms with Gasteiger partial charge < -0.3 is 4.42 Å². The molecule has 1 aliphatic heterocycles. The average molecular weight is 361 g/mol. The van der Waals surface area contributed by atoms with Crippen molar-refractivity contribution < 1.29 is 17.6 Å². The Kier molecular flexibility index (Phi) is 4.63. The molecule has 1 aromatic carbocycles. The number of hydrogen-bond donors (Lipinski definition) is 1. The molecule has 0 bridgehead atoms. The van der Waals surface area contributed by atoms with Gasteiger partial charge in [0.25, 0.3) is 0 Å². The summed E-state index contributed by atoms with van der Waals surface area (Å²) < 4.78 is 31.9. The molecule has 1 atom stereocenters. The fraction of sp³-hybridized carbons (Fsp3) is 0.294. The number of hydrazone groups is 1. The molecule has 1 amide bonds. The molecule has 0 saturated carbocycles. The van der Waals surface area contributed by atoms with Gasteiger partial charge in [-0.1, -0.05) is 18.2 Å². The Balaban J connectivity index is 1.97. The maximum Gasteiger partial charge on any atom is 0.240 e. The molecule has 1 N–H and O–H groups in total. The van der Waals surface area contributed by atoms with Crippen LogP contribution < -0.4 is 4.72 Å². The van der Waals surface area contributed by atoms with Crippen molar-refractivity contribution in [1.82, 2.24) is 5.01 Å². The average Bonchev–Trinajstić information content (AvgIpc) is 3.24. The van der Waals surface area contributed by atoms with E-state index >= 15 is 0 Å². The first-order valence-corrected chi connectivity index (χ1v) is 9.57. The maximum atomic E-state index is 12.0. The lowest BCUT2D eigenvalue weighted by molar-refractivity contribution is -0.130. The number of sulfonamides is 1. The van der Waals surface area contributed by atoms with E-state index in [0.29, 0.717) is 29.1 Å². The third-order valence-electron chi connectivity index (χ3n) is 3.99. The highest BCUT2D eigenvalue weighted by Crippen LogP contribution is 2.34. The van der Waals surface area contributed by atoms with Crippen LogP contribution in [0.4, 0.5) is 5.69 Å². The first-order valence-electron chi connectivity index (χ1n) is 7.92. The van der Waals surface area contributed by atoms with Gasteiger partial charge in [0.05, 0.1) is 23.4 Å². The number of nitrogens with zero attached hydrogens (tertiary/aromatic N) is 2. The molecule has 7 nitrogen and oxygen atoms in total. The highest BCUT2D eigenvalue weighted by molar-refractivity contribution is 7.92. The van der Waals surface area contributed by atoms with Crippen molar-refractivity contribution in [1.29, 1.82) is 0 Å². The van der Waals surface area contributed by atoms with E-state index in [-0.39, 0.29) is 17.7 Å². The van der Waals surface area contributed by atoms with Crippen LogP contribution in [-0.4, -0.2) is 30.8 Å². The van der Waals surface area contributed by atoms with E-state index in [4.69, 9.17) is 4.42 Å². The van der Waals surface area contributed by atoms with E-state index in [1.165, 1.54) is 11.9 Å². The minimum atomic E-state index is -3.42. The summed E-state index contributed by atoms with van der Waals surface area (Å²) in [6, 6.07) is 10.2. The molecule has 1 aromatic heterocycles. The Morgan fingerprint density at radius 2 is 2.08 bits per heavy atom.